The number of thiophene rings is 1. The molecule has 4 nitrogen and oxygen atoms in total. The van der Waals surface area contributed by atoms with Gasteiger partial charge in [-0.3, -0.25) is 9.59 Å². The topological polar surface area (TPSA) is 58.2 Å². The highest BCUT2D eigenvalue weighted by Crippen LogP contribution is 2.46. The number of hydrogen-bond donors (Lipinski definition) is 2. The Morgan fingerprint density at radius 2 is 1.85 bits per heavy atom. The second-order valence-electron chi connectivity index (χ2n) is 8.52. The van der Waals surface area contributed by atoms with Crippen molar-refractivity contribution in [2.75, 3.05) is 5.32 Å². The number of hydrogen-bond acceptors (Lipinski definition) is 4. The Hall–Kier alpha value is -3.58. The SMILES string of the molecule is CC1=C(C(=O)Nc2ccc(F)cc2F)C(c2cccs2)C2=C(CC(c3ccccc3)CC2=O)N1. The Bertz CT molecular complexity index is 1330. The summed E-state index contributed by atoms with van der Waals surface area (Å²) in [6.45, 7) is 1.79. The van der Waals surface area contributed by atoms with Crippen molar-refractivity contribution in [1.82, 2.24) is 5.32 Å². The van der Waals surface area contributed by atoms with E-state index in [0.717, 1.165) is 28.3 Å². The molecule has 3 aromatic rings. The van der Waals surface area contributed by atoms with Gasteiger partial charge in [-0.2, -0.15) is 0 Å². The fourth-order valence-corrected chi connectivity index (χ4v) is 5.66. The third-order valence-corrected chi connectivity index (χ3v) is 7.29. The molecular formula is C27H22F2N2O2S. The molecule has 0 bridgehead atoms. The van der Waals surface area contributed by atoms with E-state index in [9.17, 15) is 18.4 Å². The maximum Gasteiger partial charge on any atom is 0.254 e. The van der Waals surface area contributed by atoms with Crippen LogP contribution in [0.15, 0.2) is 88.6 Å². The summed E-state index contributed by atoms with van der Waals surface area (Å²) >= 11 is 1.47. The van der Waals surface area contributed by atoms with E-state index in [0.29, 0.717) is 29.7 Å². The molecule has 172 valence electrons. The molecule has 2 aromatic carbocycles. The zero-order valence-electron chi connectivity index (χ0n) is 18.4. The first-order chi connectivity index (χ1) is 16.4. The van der Waals surface area contributed by atoms with E-state index in [-0.39, 0.29) is 17.4 Å². The minimum atomic E-state index is -0.859. The first-order valence-electron chi connectivity index (χ1n) is 11.0. The lowest BCUT2D eigenvalue weighted by molar-refractivity contribution is -0.116. The smallest absolute Gasteiger partial charge is 0.254 e. The van der Waals surface area contributed by atoms with Gasteiger partial charge in [0, 0.05) is 39.9 Å². The van der Waals surface area contributed by atoms with Crippen molar-refractivity contribution < 1.29 is 18.4 Å². The zero-order chi connectivity index (χ0) is 23.8. The molecule has 2 aliphatic rings. The third-order valence-electron chi connectivity index (χ3n) is 6.35. The number of nitrogens with one attached hydrogen (secondary N) is 2. The summed E-state index contributed by atoms with van der Waals surface area (Å²) in [7, 11) is 0. The van der Waals surface area contributed by atoms with Crippen LogP contribution in [0.5, 0.6) is 0 Å². The summed E-state index contributed by atoms with van der Waals surface area (Å²) < 4.78 is 27.6. The molecule has 0 saturated heterocycles. The predicted octanol–water partition coefficient (Wildman–Crippen LogP) is 6.03. The lowest BCUT2D eigenvalue weighted by Gasteiger charge is -2.36. The quantitative estimate of drug-likeness (QED) is 0.484. The van der Waals surface area contributed by atoms with Gasteiger partial charge in [-0.05, 0) is 48.4 Å². The van der Waals surface area contributed by atoms with E-state index in [4.69, 9.17) is 0 Å². The van der Waals surface area contributed by atoms with Crippen molar-refractivity contribution >= 4 is 28.7 Å². The van der Waals surface area contributed by atoms with Gasteiger partial charge in [0.15, 0.2) is 5.78 Å². The molecule has 0 radical (unpaired) electrons. The van der Waals surface area contributed by atoms with Crippen molar-refractivity contribution in [1.29, 1.82) is 0 Å². The van der Waals surface area contributed by atoms with Gasteiger partial charge in [-0.1, -0.05) is 36.4 Å². The van der Waals surface area contributed by atoms with Crippen LogP contribution < -0.4 is 10.6 Å². The van der Waals surface area contributed by atoms with Crippen LogP contribution in [-0.4, -0.2) is 11.7 Å². The molecule has 1 aliphatic carbocycles. The molecular weight excluding hydrogens is 454 g/mol. The van der Waals surface area contributed by atoms with Crippen LogP contribution in [0.2, 0.25) is 0 Å². The lowest BCUT2D eigenvalue weighted by Crippen LogP contribution is -2.36. The van der Waals surface area contributed by atoms with E-state index in [1.165, 1.54) is 17.4 Å². The second kappa shape index (κ2) is 8.99. The van der Waals surface area contributed by atoms with Gasteiger partial charge in [0.2, 0.25) is 0 Å². The standard InChI is InChI=1S/C27H22F2N2O2S/c1-15-24(27(33)31-20-10-9-18(28)14-19(20)29)26(23-8-5-11-34-23)25-21(30-15)12-17(13-22(25)32)16-6-3-2-4-7-16/h2-11,14,17,26,30H,12-13H2,1H3,(H,31,33). The number of allylic oxidation sites excluding steroid dienone is 3. The minimum Gasteiger partial charge on any atom is -0.362 e. The average Bonchev–Trinajstić information content (AvgIpc) is 3.35. The first-order valence-corrected chi connectivity index (χ1v) is 11.9. The fourth-order valence-electron chi connectivity index (χ4n) is 4.82. The summed E-state index contributed by atoms with van der Waals surface area (Å²) in [6, 6.07) is 16.7. The monoisotopic (exact) mass is 476 g/mol. The normalized spacial score (nSPS) is 20.1. The highest BCUT2D eigenvalue weighted by atomic mass is 32.1. The molecule has 5 rings (SSSR count). The van der Waals surface area contributed by atoms with Crippen molar-refractivity contribution in [2.45, 2.75) is 31.6 Å². The van der Waals surface area contributed by atoms with E-state index in [2.05, 4.69) is 10.6 Å². The Morgan fingerprint density at radius 1 is 1.06 bits per heavy atom. The number of benzene rings is 2. The molecule has 0 saturated carbocycles. The number of rotatable bonds is 4. The van der Waals surface area contributed by atoms with Crippen LogP contribution >= 0.6 is 11.3 Å². The highest BCUT2D eigenvalue weighted by Gasteiger charge is 2.41. The Labute approximate surface area is 200 Å². The van der Waals surface area contributed by atoms with Crippen molar-refractivity contribution in [3.8, 4) is 0 Å². The van der Waals surface area contributed by atoms with E-state index < -0.39 is 23.5 Å². The van der Waals surface area contributed by atoms with Crippen molar-refractivity contribution in [3.63, 3.8) is 0 Å². The summed E-state index contributed by atoms with van der Waals surface area (Å²) in [5.41, 5.74) is 3.37. The van der Waals surface area contributed by atoms with Crippen LogP contribution in [0.3, 0.4) is 0 Å². The number of ketones is 1. The maximum absolute atomic E-state index is 14.2. The van der Waals surface area contributed by atoms with Crippen molar-refractivity contribution in [2.24, 2.45) is 0 Å². The summed E-state index contributed by atoms with van der Waals surface area (Å²) in [5, 5.41) is 7.78. The number of carbonyl (C=O) groups excluding carboxylic acids is 2. The fraction of sp³-hybridized carbons (Fsp3) is 0.185. The molecule has 2 atom stereocenters. The molecule has 1 amide bonds. The molecule has 7 heteroatoms. The van der Waals surface area contributed by atoms with Gasteiger partial charge in [-0.15, -0.1) is 11.3 Å². The van der Waals surface area contributed by atoms with Gasteiger partial charge in [-0.25, -0.2) is 8.78 Å². The predicted molar refractivity (Wildman–Crippen MR) is 128 cm³/mol. The number of amides is 1. The molecule has 1 aromatic heterocycles. The third kappa shape index (κ3) is 4.07. The Kier molecular flexibility index (Phi) is 5.87. The van der Waals surface area contributed by atoms with Crippen LogP contribution in [0.1, 0.15) is 42.0 Å². The van der Waals surface area contributed by atoms with E-state index >= 15 is 0 Å². The number of carbonyl (C=O) groups is 2. The lowest BCUT2D eigenvalue weighted by atomic mass is 9.73. The van der Waals surface area contributed by atoms with Gasteiger partial charge in [0.25, 0.3) is 5.91 Å². The molecule has 1 aliphatic heterocycles. The van der Waals surface area contributed by atoms with E-state index in [1.807, 2.05) is 47.8 Å². The van der Waals surface area contributed by atoms with E-state index in [1.54, 1.807) is 6.92 Å². The Morgan fingerprint density at radius 3 is 2.56 bits per heavy atom. The molecule has 2 heterocycles. The zero-order valence-corrected chi connectivity index (χ0v) is 19.2. The average molecular weight is 477 g/mol. The number of halogens is 2. The highest BCUT2D eigenvalue weighted by molar-refractivity contribution is 7.10. The van der Waals surface area contributed by atoms with Crippen LogP contribution in [0, 0.1) is 11.6 Å². The molecule has 34 heavy (non-hydrogen) atoms. The summed E-state index contributed by atoms with van der Waals surface area (Å²) in [6.07, 6.45) is 1.01. The van der Waals surface area contributed by atoms with Gasteiger partial charge in [0.05, 0.1) is 11.6 Å². The maximum atomic E-state index is 14.2. The minimum absolute atomic E-state index is 0.00762. The van der Waals surface area contributed by atoms with Crippen molar-refractivity contribution in [3.05, 3.63) is 111 Å². The second-order valence-corrected chi connectivity index (χ2v) is 9.50. The molecule has 2 unspecified atom stereocenters. The van der Waals surface area contributed by atoms with Crippen LogP contribution in [-0.2, 0) is 9.59 Å². The Balaban J connectivity index is 1.53. The summed E-state index contributed by atoms with van der Waals surface area (Å²) in [4.78, 5) is 27.7. The molecule has 0 fully saturated rings. The molecule has 2 N–H and O–H groups in total. The largest absolute Gasteiger partial charge is 0.362 e. The number of anilines is 1. The summed E-state index contributed by atoms with van der Waals surface area (Å²) in [5.74, 6) is -2.62. The number of Topliss-reactive ketones (excluding diaryl/α,β-unsaturated/α-hetero) is 1. The first kappa shape index (κ1) is 22.2. The van der Waals surface area contributed by atoms with Crippen LogP contribution in [0.4, 0.5) is 14.5 Å². The van der Waals surface area contributed by atoms with Gasteiger partial charge >= 0.3 is 0 Å². The van der Waals surface area contributed by atoms with Crippen LogP contribution in [0.25, 0.3) is 0 Å². The number of dihydropyridines is 1. The van der Waals surface area contributed by atoms with Gasteiger partial charge in [0.1, 0.15) is 11.6 Å². The molecule has 0 spiro atoms. The van der Waals surface area contributed by atoms with Gasteiger partial charge < -0.3 is 10.6 Å².